The van der Waals surface area contributed by atoms with Crippen LogP contribution in [0.3, 0.4) is 0 Å². The topological polar surface area (TPSA) is 58.6 Å². The molecule has 2 heterocycles. The van der Waals surface area contributed by atoms with E-state index >= 15 is 0 Å². The van der Waals surface area contributed by atoms with Crippen molar-refractivity contribution < 1.29 is 13.2 Å². The van der Waals surface area contributed by atoms with Crippen molar-refractivity contribution in [2.75, 3.05) is 19.6 Å². The van der Waals surface area contributed by atoms with Gasteiger partial charge in [0.2, 0.25) is 10.0 Å². The molecule has 1 aromatic heterocycles. The average molecular weight is 332 g/mol. The highest BCUT2D eigenvalue weighted by Gasteiger charge is 2.32. The Kier molecular flexibility index (Phi) is 5.79. The van der Waals surface area contributed by atoms with Gasteiger partial charge in [-0.3, -0.25) is 0 Å². The lowest BCUT2D eigenvalue weighted by Crippen LogP contribution is -2.47. The predicted octanol–water partition coefficient (Wildman–Crippen LogP) is 2.05. The number of hydrogen-bond donors (Lipinski definition) is 1. The van der Waals surface area contributed by atoms with Crippen molar-refractivity contribution in [1.82, 2.24) is 9.62 Å². The van der Waals surface area contributed by atoms with Gasteiger partial charge in [-0.15, -0.1) is 11.3 Å². The molecule has 1 aromatic rings. The zero-order valence-electron chi connectivity index (χ0n) is 12.8. The smallest absolute Gasteiger partial charge is 0.244 e. The fraction of sp³-hybridized carbons (Fsp3) is 0.714. The molecule has 2 rings (SSSR count). The average Bonchev–Trinajstić information content (AvgIpc) is 2.87. The molecule has 2 atom stereocenters. The standard InChI is InChI=1S/C14H24N2O3S2/c1-4-5-15-7-13-6-14(10-20-13)21(17,18)16-8-11(2)19-12(3)9-16/h6,10-12,15H,4-5,7-9H2,1-3H3. The van der Waals surface area contributed by atoms with Crippen molar-refractivity contribution in [2.45, 2.75) is 50.8 Å². The maximum absolute atomic E-state index is 12.7. The number of sulfonamides is 1. The van der Waals surface area contributed by atoms with Crippen molar-refractivity contribution in [3.05, 3.63) is 16.3 Å². The number of rotatable bonds is 6. The highest BCUT2D eigenvalue weighted by molar-refractivity contribution is 7.89. The summed E-state index contributed by atoms with van der Waals surface area (Å²) in [7, 11) is -3.40. The van der Waals surface area contributed by atoms with Crippen molar-refractivity contribution in [1.29, 1.82) is 0 Å². The van der Waals surface area contributed by atoms with Crippen molar-refractivity contribution in [3.63, 3.8) is 0 Å². The summed E-state index contributed by atoms with van der Waals surface area (Å²) in [5.41, 5.74) is 0. The lowest BCUT2D eigenvalue weighted by Gasteiger charge is -2.34. The Morgan fingerprint density at radius 1 is 1.38 bits per heavy atom. The van der Waals surface area contributed by atoms with Crippen LogP contribution in [0.5, 0.6) is 0 Å². The molecule has 0 amide bonds. The van der Waals surface area contributed by atoms with E-state index in [4.69, 9.17) is 4.74 Å². The lowest BCUT2D eigenvalue weighted by atomic mass is 10.3. The molecule has 1 N–H and O–H groups in total. The predicted molar refractivity (Wildman–Crippen MR) is 85.1 cm³/mol. The Bertz CT molecular complexity index is 546. The van der Waals surface area contributed by atoms with Crippen LogP contribution >= 0.6 is 11.3 Å². The van der Waals surface area contributed by atoms with Gasteiger partial charge in [0.05, 0.1) is 17.1 Å². The maximum atomic E-state index is 12.7. The van der Waals surface area contributed by atoms with Crippen LogP contribution in [0.2, 0.25) is 0 Å². The first-order valence-electron chi connectivity index (χ1n) is 7.37. The molecule has 2 unspecified atom stereocenters. The summed E-state index contributed by atoms with van der Waals surface area (Å²) in [5, 5.41) is 5.03. The number of thiophene rings is 1. The Hall–Kier alpha value is -0.470. The quantitative estimate of drug-likeness (QED) is 0.810. The Labute approximate surface area is 131 Å². The summed E-state index contributed by atoms with van der Waals surface area (Å²) in [6.45, 7) is 8.44. The second-order valence-electron chi connectivity index (χ2n) is 5.50. The molecule has 120 valence electrons. The fourth-order valence-corrected chi connectivity index (χ4v) is 5.28. The minimum absolute atomic E-state index is 0.0622. The third-order valence-electron chi connectivity index (χ3n) is 3.38. The van der Waals surface area contributed by atoms with Crippen molar-refractivity contribution in [2.24, 2.45) is 0 Å². The summed E-state index contributed by atoms with van der Waals surface area (Å²) in [6.07, 6.45) is 0.945. The molecule has 0 aromatic carbocycles. The largest absolute Gasteiger partial charge is 0.373 e. The first-order valence-corrected chi connectivity index (χ1v) is 9.69. The van der Waals surface area contributed by atoms with Crippen LogP contribution in [0.15, 0.2) is 16.3 Å². The van der Waals surface area contributed by atoms with Gasteiger partial charge in [-0.2, -0.15) is 4.31 Å². The zero-order valence-corrected chi connectivity index (χ0v) is 14.5. The molecular weight excluding hydrogens is 308 g/mol. The van der Waals surface area contributed by atoms with Gasteiger partial charge in [0, 0.05) is 29.9 Å². The highest BCUT2D eigenvalue weighted by atomic mass is 32.2. The van der Waals surface area contributed by atoms with Gasteiger partial charge in [-0.25, -0.2) is 8.42 Å². The lowest BCUT2D eigenvalue weighted by molar-refractivity contribution is -0.0440. The van der Waals surface area contributed by atoms with E-state index in [1.807, 2.05) is 13.8 Å². The molecule has 1 saturated heterocycles. The van der Waals surface area contributed by atoms with Crippen LogP contribution in [0.1, 0.15) is 32.1 Å². The normalized spacial score (nSPS) is 24.3. The molecule has 21 heavy (non-hydrogen) atoms. The van der Waals surface area contributed by atoms with E-state index in [2.05, 4.69) is 12.2 Å². The van der Waals surface area contributed by atoms with Crippen LogP contribution in [-0.4, -0.2) is 44.6 Å². The first kappa shape index (κ1) is 16.9. The van der Waals surface area contributed by atoms with Gasteiger partial charge in [-0.1, -0.05) is 6.92 Å². The number of nitrogens with zero attached hydrogens (tertiary/aromatic N) is 1. The van der Waals surface area contributed by atoms with Crippen molar-refractivity contribution in [3.8, 4) is 0 Å². The Balaban J connectivity index is 2.08. The molecule has 0 saturated carbocycles. The Morgan fingerprint density at radius 3 is 2.67 bits per heavy atom. The first-order chi connectivity index (χ1) is 9.93. The third kappa shape index (κ3) is 4.26. The van der Waals surface area contributed by atoms with Crippen LogP contribution in [0, 0.1) is 0 Å². The molecule has 1 fully saturated rings. The number of morpholine rings is 1. The van der Waals surface area contributed by atoms with Gasteiger partial charge in [0.1, 0.15) is 0 Å². The van der Waals surface area contributed by atoms with Crippen molar-refractivity contribution >= 4 is 21.4 Å². The highest BCUT2D eigenvalue weighted by Crippen LogP contribution is 2.25. The Morgan fingerprint density at radius 2 is 2.05 bits per heavy atom. The second-order valence-corrected chi connectivity index (χ2v) is 8.44. The monoisotopic (exact) mass is 332 g/mol. The van der Waals surface area contributed by atoms with Gasteiger partial charge in [0.25, 0.3) is 0 Å². The second kappa shape index (κ2) is 7.19. The van der Waals surface area contributed by atoms with Gasteiger partial charge in [-0.05, 0) is 32.9 Å². The van der Waals surface area contributed by atoms with Gasteiger partial charge >= 0.3 is 0 Å². The summed E-state index contributed by atoms with van der Waals surface area (Å²) in [4.78, 5) is 1.46. The van der Waals surface area contributed by atoms with E-state index in [0.29, 0.717) is 18.0 Å². The fourth-order valence-electron chi connectivity index (χ4n) is 2.45. The minimum Gasteiger partial charge on any atom is -0.373 e. The van der Waals surface area contributed by atoms with Crippen LogP contribution in [-0.2, 0) is 21.3 Å². The van der Waals surface area contributed by atoms with Crippen LogP contribution < -0.4 is 5.32 Å². The van der Waals surface area contributed by atoms with Gasteiger partial charge < -0.3 is 10.1 Å². The number of ether oxygens (including phenoxy) is 1. The van der Waals surface area contributed by atoms with E-state index in [-0.39, 0.29) is 12.2 Å². The maximum Gasteiger partial charge on any atom is 0.244 e. The summed E-state index contributed by atoms with van der Waals surface area (Å²) in [6, 6.07) is 1.79. The van der Waals surface area contributed by atoms with E-state index in [9.17, 15) is 8.42 Å². The molecule has 0 radical (unpaired) electrons. The zero-order chi connectivity index (χ0) is 15.5. The molecule has 7 heteroatoms. The molecule has 0 spiro atoms. The van der Waals surface area contributed by atoms with Crippen LogP contribution in [0.25, 0.3) is 0 Å². The summed E-state index contributed by atoms with van der Waals surface area (Å²) >= 11 is 1.49. The third-order valence-corrected chi connectivity index (χ3v) is 6.27. The van der Waals surface area contributed by atoms with E-state index < -0.39 is 10.0 Å². The molecule has 5 nitrogen and oxygen atoms in total. The SMILES string of the molecule is CCCNCc1cc(S(=O)(=O)N2CC(C)OC(C)C2)cs1. The summed E-state index contributed by atoms with van der Waals surface area (Å²) in [5.74, 6) is 0. The minimum atomic E-state index is -3.40. The number of nitrogens with one attached hydrogen (secondary N) is 1. The molecular formula is C14H24N2O3S2. The number of hydrogen-bond acceptors (Lipinski definition) is 5. The van der Waals surface area contributed by atoms with Gasteiger partial charge in [0.15, 0.2) is 0 Å². The summed E-state index contributed by atoms with van der Waals surface area (Å²) < 4.78 is 32.5. The molecule has 1 aliphatic rings. The van der Waals surface area contributed by atoms with E-state index in [0.717, 1.165) is 24.4 Å². The van der Waals surface area contributed by atoms with Crippen LogP contribution in [0.4, 0.5) is 0 Å². The molecule has 0 aliphatic carbocycles. The molecule has 1 aliphatic heterocycles. The van der Waals surface area contributed by atoms with E-state index in [1.54, 1.807) is 11.4 Å². The van der Waals surface area contributed by atoms with E-state index in [1.165, 1.54) is 15.6 Å². The molecule has 0 bridgehead atoms.